The van der Waals surface area contributed by atoms with Crippen LogP contribution in [0.5, 0.6) is 0 Å². The van der Waals surface area contributed by atoms with E-state index in [9.17, 15) is 8.78 Å². The van der Waals surface area contributed by atoms with Crippen LogP contribution in [0.2, 0.25) is 0 Å². The number of nitrogens with one attached hydrogen (secondary N) is 1. The van der Waals surface area contributed by atoms with Gasteiger partial charge in [-0.05, 0) is 42.0 Å². The van der Waals surface area contributed by atoms with Crippen molar-refractivity contribution in [1.82, 2.24) is 5.32 Å². The molecular weight excluding hydrogens is 232 g/mol. The van der Waals surface area contributed by atoms with E-state index in [1.807, 2.05) is 0 Å². The second kappa shape index (κ2) is 6.28. The second-order valence-electron chi connectivity index (χ2n) is 5.61. The minimum Gasteiger partial charge on any atom is -0.314 e. The Labute approximate surface area is 109 Å². The molecule has 0 aliphatic carbocycles. The Morgan fingerprint density at radius 1 is 1.28 bits per heavy atom. The highest BCUT2D eigenvalue weighted by molar-refractivity contribution is 5.20. The average molecular weight is 255 g/mol. The molecule has 0 aliphatic rings. The molecule has 1 aromatic rings. The average Bonchev–Trinajstić information content (AvgIpc) is 2.31. The van der Waals surface area contributed by atoms with Crippen LogP contribution in [-0.4, -0.2) is 12.6 Å². The molecule has 1 atom stereocenters. The van der Waals surface area contributed by atoms with E-state index in [0.29, 0.717) is 18.0 Å². The molecule has 0 bridgehead atoms. The van der Waals surface area contributed by atoms with Crippen LogP contribution in [0.3, 0.4) is 0 Å². The first-order valence-corrected chi connectivity index (χ1v) is 6.53. The van der Waals surface area contributed by atoms with Crippen LogP contribution in [0.4, 0.5) is 8.78 Å². The summed E-state index contributed by atoms with van der Waals surface area (Å²) >= 11 is 0. The van der Waals surface area contributed by atoms with Crippen LogP contribution in [0.25, 0.3) is 0 Å². The second-order valence-corrected chi connectivity index (χ2v) is 5.61. The van der Waals surface area contributed by atoms with Gasteiger partial charge in [0.2, 0.25) is 0 Å². The highest BCUT2D eigenvalue weighted by Gasteiger charge is 2.24. The van der Waals surface area contributed by atoms with Crippen molar-refractivity contribution >= 4 is 0 Å². The minimum atomic E-state index is -0.373. The van der Waals surface area contributed by atoms with Crippen LogP contribution in [0.1, 0.15) is 39.7 Å². The molecular formula is C15H23F2N. The van der Waals surface area contributed by atoms with Gasteiger partial charge < -0.3 is 5.32 Å². The Kier molecular flexibility index (Phi) is 5.27. The first-order chi connectivity index (χ1) is 8.36. The lowest BCUT2D eigenvalue weighted by atomic mass is 9.81. The summed E-state index contributed by atoms with van der Waals surface area (Å²) in [5, 5.41) is 3.38. The van der Waals surface area contributed by atoms with Gasteiger partial charge in [-0.25, -0.2) is 8.78 Å². The van der Waals surface area contributed by atoms with Gasteiger partial charge >= 0.3 is 0 Å². The van der Waals surface area contributed by atoms with Crippen molar-refractivity contribution in [2.75, 3.05) is 6.54 Å². The predicted molar refractivity (Wildman–Crippen MR) is 71.6 cm³/mol. The zero-order valence-corrected chi connectivity index (χ0v) is 11.7. The summed E-state index contributed by atoms with van der Waals surface area (Å²) in [5.74, 6) is -0.692. The lowest BCUT2D eigenvalue weighted by Gasteiger charge is -2.30. The Bertz CT molecular complexity index is 390. The van der Waals surface area contributed by atoms with E-state index in [-0.39, 0.29) is 17.0 Å². The Morgan fingerprint density at radius 2 is 1.94 bits per heavy atom. The summed E-state index contributed by atoms with van der Waals surface area (Å²) in [5.41, 5.74) is 0.406. The number of halogens is 2. The van der Waals surface area contributed by atoms with Gasteiger partial charge in [0.15, 0.2) is 0 Å². The van der Waals surface area contributed by atoms with Crippen LogP contribution in [-0.2, 0) is 6.42 Å². The molecule has 0 heterocycles. The van der Waals surface area contributed by atoms with E-state index >= 15 is 0 Å². The zero-order chi connectivity index (χ0) is 13.8. The fourth-order valence-electron chi connectivity index (χ4n) is 1.90. The molecule has 0 saturated heterocycles. The number of rotatable bonds is 6. The van der Waals surface area contributed by atoms with E-state index in [2.05, 4.69) is 33.0 Å². The SMILES string of the molecule is CCC(C)(CNC(C)C)Cc1cc(F)ccc1F. The maximum Gasteiger partial charge on any atom is 0.126 e. The summed E-state index contributed by atoms with van der Waals surface area (Å²) in [6.07, 6.45) is 1.47. The summed E-state index contributed by atoms with van der Waals surface area (Å²) in [6.45, 7) is 9.15. The van der Waals surface area contributed by atoms with Crippen molar-refractivity contribution in [3.8, 4) is 0 Å². The van der Waals surface area contributed by atoms with Gasteiger partial charge in [-0.15, -0.1) is 0 Å². The Hall–Kier alpha value is -0.960. The maximum atomic E-state index is 13.6. The molecule has 1 unspecified atom stereocenters. The third kappa shape index (κ3) is 4.37. The van der Waals surface area contributed by atoms with Crippen LogP contribution in [0.15, 0.2) is 18.2 Å². The predicted octanol–water partition coefficient (Wildman–Crippen LogP) is 3.92. The van der Waals surface area contributed by atoms with Crippen molar-refractivity contribution in [3.05, 3.63) is 35.4 Å². The summed E-state index contributed by atoms with van der Waals surface area (Å²) in [6, 6.07) is 4.07. The van der Waals surface area contributed by atoms with Crippen LogP contribution >= 0.6 is 0 Å². The Morgan fingerprint density at radius 3 is 2.50 bits per heavy atom. The first-order valence-electron chi connectivity index (χ1n) is 6.53. The van der Waals surface area contributed by atoms with Gasteiger partial charge in [-0.3, -0.25) is 0 Å². The smallest absolute Gasteiger partial charge is 0.126 e. The van der Waals surface area contributed by atoms with Crippen molar-refractivity contribution in [2.24, 2.45) is 5.41 Å². The highest BCUT2D eigenvalue weighted by Crippen LogP contribution is 2.27. The summed E-state index contributed by atoms with van der Waals surface area (Å²) in [7, 11) is 0. The fraction of sp³-hybridized carbons (Fsp3) is 0.600. The maximum absolute atomic E-state index is 13.6. The molecule has 18 heavy (non-hydrogen) atoms. The third-order valence-electron chi connectivity index (χ3n) is 3.42. The summed E-state index contributed by atoms with van der Waals surface area (Å²) < 4.78 is 26.8. The van der Waals surface area contributed by atoms with E-state index < -0.39 is 0 Å². The third-order valence-corrected chi connectivity index (χ3v) is 3.42. The highest BCUT2D eigenvalue weighted by atomic mass is 19.1. The van der Waals surface area contributed by atoms with Crippen molar-refractivity contribution < 1.29 is 8.78 Å². The van der Waals surface area contributed by atoms with Gasteiger partial charge in [0.25, 0.3) is 0 Å². The normalized spacial score (nSPS) is 14.8. The van der Waals surface area contributed by atoms with Crippen molar-refractivity contribution in [3.63, 3.8) is 0 Å². The quantitative estimate of drug-likeness (QED) is 0.812. The molecule has 0 saturated carbocycles. The molecule has 1 N–H and O–H groups in total. The van der Waals surface area contributed by atoms with Crippen LogP contribution < -0.4 is 5.32 Å². The lowest BCUT2D eigenvalue weighted by Crippen LogP contribution is -2.37. The molecule has 1 rings (SSSR count). The van der Waals surface area contributed by atoms with E-state index in [4.69, 9.17) is 0 Å². The van der Waals surface area contributed by atoms with Gasteiger partial charge in [-0.1, -0.05) is 27.7 Å². The molecule has 102 valence electrons. The fourth-order valence-corrected chi connectivity index (χ4v) is 1.90. The van der Waals surface area contributed by atoms with Crippen molar-refractivity contribution in [2.45, 2.75) is 46.6 Å². The van der Waals surface area contributed by atoms with E-state index in [0.717, 1.165) is 19.0 Å². The zero-order valence-electron chi connectivity index (χ0n) is 11.7. The Balaban J connectivity index is 2.80. The van der Waals surface area contributed by atoms with Gasteiger partial charge in [0, 0.05) is 12.6 Å². The number of benzene rings is 1. The minimum absolute atomic E-state index is 0.0566. The molecule has 0 radical (unpaired) electrons. The summed E-state index contributed by atoms with van der Waals surface area (Å²) in [4.78, 5) is 0. The molecule has 0 amide bonds. The molecule has 3 heteroatoms. The molecule has 1 aromatic carbocycles. The number of hydrogen-bond acceptors (Lipinski definition) is 1. The number of hydrogen-bond donors (Lipinski definition) is 1. The molecule has 0 fully saturated rings. The molecule has 1 nitrogen and oxygen atoms in total. The van der Waals surface area contributed by atoms with Crippen LogP contribution in [0, 0.1) is 17.0 Å². The standard InChI is InChI=1S/C15H23F2N/c1-5-15(4,10-18-11(2)3)9-12-8-13(16)6-7-14(12)17/h6-8,11,18H,5,9-10H2,1-4H3. The van der Waals surface area contributed by atoms with E-state index in [1.165, 1.54) is 12.1 Å². The largest absolute Gasteiger partial charge is 0.314 e. The van der Waals surface area contributed by atoms with E-state index in [1.54, 1.807) is 0 Å². The topological polar surface area (TPSA) is 12.0 Å². The van der Waals surface area contributed by atoms with Gasteiger partial charge in [-0.2, -0.15) is 0 Å². The first kappa shape index (κ1) is 15.1. The monoisotopic (exact) mass is 255 g/mol. The molecule has 0 aromatic heterocycles. The molecule has 0 spiro atoms. The lowest BCUT2D eigenvalue weighted by molar-refractivity contribution is 0.277. The van der Waals surface area contributed by atoms with Gasteiger partial charge in [0.05, 0.1) is 0 Å². The van der Waals surface area contributed by atoms with Gasteiger partial charge in [0.1, 0.15) is 11.6 Å². The molecule has 0 aliphatic heterocycles. The van der Waals surface area contributed by atoms with Crippen molar-refractivity contribution in [1.29, 1.82) is 0 Å².